The molecule has 1 aromatic carbocycles. The van der Waals surface area contributed by atoms with E-state index >= 15 is 0 Å². The summed E-state index contributed by atoms with van der Waals surface area (Å²) in [5, 5.41) is 4.70. The average Bonchev–Trinajstić information content (AvgIpc) is 3.28. The van der Waals surface area contributed by atoms with Gasteiger partial charge in [0.1, 0.15) is 13.3 Å². The van der Waals surface area contributed by atoms with Crippen LogP contribution in [0.15, 0.2) is 42.9 Å². The molecule has 166 valence electrons. The highest BCUT2D eigenvalue weighted by atomic mass is 16.5. The second-order valence-corrected chi connectivity index (χ2v) is 7.89. The van der Waals surface area contributed by atoms with Crippen molar-refractivity contribution < 1.29 is 14.2 Å². The lowest BCUT2D eigenvalue weighted by Gasteiger charge is -2.38. The highest BCUT2D eigenvalue weighted by Gasteiger charge is 2.24. The van der Waals surface area contributed by atoms with E-state index in [0.29, 0.717) is 18.2 Å². The van der Waals surface area contributed by atoms with Gasteiger partial charge in [-0.25, -0.2) is 9.99 Å². The Bertz CT molecular complexity index is 910. The van der Waals surface area contributed by atoms with Gasteiger partial charge in [-0.15, -0.1) is 0 Å². The van der Waals surface area contributed by atoms with Gasteiger partial charge in [-0.2, -0.15) is 0 Å². The van der Waals surface area contributed by atoms with Crippen LogP contribution in [-0.2, 0) is 6.61 Å². The number of aromatic nitrogens is 1. The highest BCUT2D eigenvalue weighted by molar-refractivity contribution is 5.63. The van der Waals surface area contributed by atoms with Crippen LogP contribution < -0.4 is 19.1 Å². The average molecular weight is 426 g/mol. The number of rotatable bonds is 7. The van der Waals surface area contributed by atoms with Crippen molar-refractivity contribution in [3.8, 4) is 17.4 Å². The monoisotopic (exact) mass is 425 g/mol. The van der Waals surface area contributed by atoms with Crippen molar-refractivity contribution in [3.63, 3.8) is 0 Å². The maximum atomic E-state index is 6.11. The Morgan fingerprint density at radius 2 is 1.77 bits per heavy atom. The zero-order valence-electron chi connectivity index (χ0n) is 18.7. The van der Waals surface area contributed by atoms with Crippen molar-refractivity contribution in [3.05, 3.63) is 54.0 Å². The van der Waals surface area contributed by atoms with Gasteiger partial charge in [0, 0.05) is 68.2 Å². The van der Waals surface area contributed by atoms with Crippen LogP contribution >= 0.6 is 0 Å². The summed E-state index contributed by atoms with van der Waals surface area (Å²) in [5.74, 6) is 2.02. The summed E-state index contributed by atoms with van der Waals surface area (Å²) in [7, 11) is 5.45. The fraction of sp³-hybridized carbons (Fsp3) is 0.435. The fourth-order valence-electron chi connectivity index (χ4n) is 3.81. The van der Waals surface area contributed by atoms with Crippen molar-refractivity contribution in [2.75, 3.05) is 59.0 Å². The van der Waals surface area contributed by atoms with E-state index in [1.165, 1.54) is 0 Å². The third-order valence-corrected chi connectivity index (χ3v) is 5.75. The van der Waals surface area contributed by atoms with Crippen LogP contribution in [0.25, 0.3) is 0 Å². The maximum Gasteiger partial charge on any atom is 0.212 e. The van der Waals surface area contributed by atoms with Crippen LogP contribution in [0.5, 0.6) is 17.4 Å². The lowest BCUT2D eigenvalue weighted by molar-refractivity contribution is -0.00808. The third kappa shape index (κ3) is 4.86. The normalized spacial score (nSPS) is 17.3. The first-order chi connectivity index (χ1) is 15.1. The van der Waals surface area contributed by atoms with Gasteiger partial charge in [-0.1, -0.05) is 0 Å². The third-order valence-electron chi connectivity index (χ3n) is 5.75. The minimum absolute atomic E-state index is 0.402. The number of pyridine rings is 1. The SMILES string of the molecule is COc1ccc(COc2cc(N3C=CN(N4CCN(C)CC4)C3)c(C)cc2OC)cn1. The topological polar surface area (TPSA) is 53.5 Å². The molecule has 0 amide bonds. The molecule has 3 heterocycles. The second kappa shape index (κ2) is 9.45. The number of methoxy groups -OCH3 is 2. The molecule has 0 atom stereocenters. The molecule has 2 aliphatic heterocycles. The molecule has 0 N–H and O–H groups in total. The van der Waals surface area contributed by atoms with Gasteiger partial charge in [0.25, 0.3) is 0 Å². The smallest absolute Gasteiger partial charge is 0.212 e. The Kier molecular flexibility index (Phi) is 6.48. The molecule has 31 heavy (non-hydrogen) atoms. The predicted octanol–water partition coefficient (Wildman–Crippen LogP) is 2.70. The van der Waals surface area contributed by atoms with Gasteiger partial charge in [0.2, 0.25) is 5.88 Å². The number of hydrazine groups is 1. The van der Waals surface area contributed by atoms with Crippen LogP contribution in [0.2, 0.25) is 0 Å². The summed E-state index contributed by atoms with van der Waals surface area (Å²) in [5.41, 5.74) is 3.21. The van der Waals surface area contributed by atoms with Gasteiger partial charge in [-0.05, 0) is 31.7 Å². The quantitative estimate of drug-likeness (QED) is 0.671. The lowest BCUT2D eigenvalue weighted by atomic mass is 10.1. The Labute approximate surface area is 184 Å². The van der Waals surface area contributed by atoms with E-state index in [0.717, 1.165) is 55.4 Å². The van der Waals surface area contributed by atoms with Gasteiger partial charge in [-0.3, -0.25) is 5.01 Å². The highest BCUT2D eigenvalue weighted by Crippen LogP contribution is 2.36. The summed E-state index contributed by atoms with van der Waals surface area (Å²) < 4.78 is 16.8. The number of anilines is 1. The van der Waals surface area contributed by atoms with Crippen molar-refractivity contribution in [2.24, 2.45) is 0 Å². The molecular formula is C23H31N5O3. The van der Waals surface area contributed by atoms with Crippen LogP contribution in [0.1, 0.15) is 11.1 Å². The minimum atomic E-state index is 0.402. The molecule has 1 aromatic heterocycles. The molecule has 0 spiro atoms. The lowest BCUT2D eigenvalue weighted by Crippen LogP contribution is -2.51. The molecule has 0 saturated carbocycles. The molecule has 0 bridgehead atoms. The zero-order chi connectivity index (χ0) is 21.8. The van der Waals surface area contributed by atoms with E-state index in [4.69, 9.17) is 14.2 Å². The first-order valence-corrected chi connectivity index (χ1v) is 10.5. The standard InChI is InChI=1S/C23H31N5O3/c1-18-13-21(29-3)22(31-16-19-5-6-23(30-4)24-15-19)14-20(18)26-9-12-28(17-26)27-10-7-25(2)8-11-27/h5-6,9,12-15H,7-8,10-11,16-17H2,1-4H3. The fourth-order valence-corrected chi connectivity index (χ4v) is 3.81. The number of piperazine rings is 1. The minimum Gasteiger partial charge on any atom is -0.493 e. The Balaban J connectivity index is 1.46. The van der Waals surface area contributed by atoms with Crippen LogP contribution in [0.3, 0.4) is 0 Å². The summed E-state index contributed by atoms with van der Waals surface area (Å²) in [6.45, 7) is 7.55. The number of hydrogen-bond acceptors (Lipinski definition) is 8. The van der Waals surface area contributed by atoms with Gasteiger partial charge in [0.15, 0.2) is 11.5 Å². The van der Waals surface area contributed by atoms with E-state index in [1.807, 2.05) is 18.2 Å². The molecule has 0 radical (unpaired) electrons. The zero-order valence-corrected chi connectivity index (χ0v) is 18.7. The number of hydrogen-bond donors (Lipinski definition) is 0. The van der Waals surface area contributed by atoms with Crippen molar-refractivity contribution in [1.29, 1.82) is 0 Å². The second-order valence-electron chi connectivity index (χ2n) is 7.89. The molecule has 2 aromatic rings. The van der Waals surface area contributed by atoms with E-state index < -0.39 is 0 Å². The van der Waals surface area contributed by atoms with Crippen LogP contribution in [0, 0.1) is 6.92 Å². The molecule has 1 saturated heterocycles. The number of benzene rings is 1. The molecule has 8 heteroatoms. The number of nitrogens with zero attached hydrogens (tertiary/aromatic N) is 5. The molecule has 2 aliphatic rings. The molecule has 8 nitrogen and oxygen atoms in total. The number of likely N-dealkylation sites (N-methyl/N-ethyl adjacent to an activating group) is 1. The van der Waals surface area contributed by atoms with Crippen LogP contribution in [-0.4, -0.2) is 74.0 Å². The summed E-state index contributed by atoms with van der Waals surface area (Å²) >= 11 is 0. The molecule has 0 aliphatic carbocycles. The molecular weight excluding hydrogens is 394 g/mol. The molecule has 0 unspecified atom stereocenters. The Hall–Kier alpha value is -2.97. The molecule has 1 fully saturated rings. The van der Waals surface area contributed by atoms with E-state index in [2.05, 4.69) is 57.2 Å². The van der Waals surface area contributed by atoms with Crippen molar-refractivity contribution >= 4 is 5.69 Å². The predicted molar refractivity (Wildman–Crippen MR) is 120 cm³/mol. The van der Waals surface area contributed by atoms with E-state index in [1.54, 1.807) is 20.4 Å². The van der Waals surface area contributed by atoms with Crippen LogP contribution in [0.4, 0.5) is 5.69 Å². The van der Waals surface area contributed by atoms with E-state index in [-0.39, 0.29) is 0 Å². The first kappa shape index (κ1) is 21.3. The summed E-state index contributed by atoms with van der Waals surface area (Å²) in [4.78, 5) is 8.85. The largest absolute Gasteiger partial charge is 0.493 e. The number of ether oxygens (including phenoxy) is 3. The van der Waals surface area contributed by atoms with Gasteiger partial charge >= 0.3 is 0 Å². The summed E-state index contributed by atoms with van der Waals surface area (Å²) in [6, 6.07) is 7.87. The van der Waals surface area contributed by atoms with Gasteiger partial charge in [0.05, 0.1) is 14.2 Å². The maximum absolute atomic E-state index is 6.11. The number of aryl methyl sites for hydroxylation is 1. The van der Waals surface area contributed by atoms with E-state index in [9.17, 15) is 0 Å². The Morgan fingerprint density at radius 3 is 2.45 bits per heavy atom. The van der Waals surface area contributed by atoms with Crippen molar-refractivity contribution in [1.82, 2.24) is 19.9 Å². The Morgan fingerprint density at radius 1 is 0.968 bits per heavy atom. The van der Waals surface area contributed by atoms with Crippen molar-refractivity contribution in [2.45, 2.75) is 13.5 Å². The summed E-state index contributed by atoms with van der Waals surface area (Å²) in [6.07, 6.45) is 6.04. The van der Waals surface area contributed by atoms with Gasteiger partial charge < -0.3 is 24.0 Å². The molecule has 4 rings (SSSR count). The first-order valence-electron chi connectivity index (χ1n) is 10.5.